The molecule has 2 unspecified atom stereocenters. The van der Waals surface area contributed by atoms with Crippen molar-refractivity contribution in [2.75, 3.05) is 4.90 Å². The summed E-state index contributed by atoms with van der Waals surface area (Å²) in [5.41, 5.74) is 31.6. The van der Waals surface area contributed by atoms with E-state index in [1.54, 1.807) is 5.56 Å². The maximum Gasteiger partial charge on any atom is 0.253 e. The van der Waals surface area contributed by atoms with Crippen LogP contribution in [0.5, 0.6) is 0 Å². The lowest BCUT2D eigenvalue weighted by Crippen LogP contribution is -2.87. The Morgan fingerprint density at radius 2 is 1.12 bits per heavy atom. The fourth-order valence-corrected chi connectivity index (χ4v) is 20.1. The molecule has 2 atom stereocenters. The van der Waals surface area contributed by atoms with Gasteiger partial charge in [-0.2, -0.15) is 0 Å². The number of nitrogens with zero attached hydrogens (tertiary/aromatic N) is 3. The third kappa shape index (κ3) is 4.97. The van der Waals surface area contributed by atoms with E-state index in [2.05, 4.69) is 245 Å². The molecule has 12 aromatic rings. The summed E-state index contributed by atoms with van der Waals surface area (Å²) in [7, 11) is 0. The first-order valence-corrected chi connectivity index (χ1v) is 30.7. The van der Waals surface area contributed by atoms with E-state index in [4.69, 9.17) is 0 Å². The van der Waals surface area contributed by atoms with E-state index in [1.165, 1.54) is 181 Å². The monoisotopic (exact) mass is 1050 g/mol. The normalized spacial score (nSPS) is 23.0. The Morgan fingerprint density at radius 1 is 0.463 bits per heavy atom. The van der Waals surface area contributed by atoms with E-state index in [0.29, 0.717) is 10.8 Å². The molecule has 6 aliphatic carbocycles. The molecule has 0 amide bonds. The molecule has 20 rings (SSSR count). The SMILES string of the molecule is CC(C)(C)c1ccc(N2c3ccc(C(C)(C)C)cc3B3c4c2cc(-n2c5cccc6c5c5c7c(cccc7ccc52)-c2ccccc2-6)cc4-n2c4ccc(C56CC7CC8CC(C5)C876)cc4c4cc5c(c3c42)-c2ccccc2C5(C)C)cc1. The lowest BCUT2D eigenvalue weighted by molar-refractivity contribution is -0.395. The molecule has 0 bridgehead atoms. The topological polar surface area (TPSA) is 13.1 Å². The standard InChI is InChI=1S/C78H64BN3/c1-74(2,3)43-24-28-49(29-25-43)80-62-32-26-44(75(4,5)6)36-60(62)79-71-65(80)37-50(81-63-22-14-20-54-52-17-10-9-16-51(52)53-19-13-15-42-23-30-64(81)70(67(42)53)69(54)63)38-66(71)82-61-31-27-45(77-40-47-33-46-34-48(41-77)78(46,47)77)35-56(61)57-39-59-68(72(79)73(57)82)55-18-11-12-21-58(55)76(59,7)8/h9-32,35-39,46-48H,33-34,40-41H2,1-8H3. The van der Waals surface area contributed by atoms with E-state index in [-0.39, 0.29) is 23.0 Å². The van der Waals surface area contributed by atoms with Crippen LogP contribution in [0.2, 0.25) is 0 Å². The summed E-state index contributed by atoms with van der Waals surface area (Å²) in [6, 6.07) is 70.4. The Kier molecular flexibility index (Phi) is 7.89. The predicted molar refractivity (Wildman–Crippen MR) is 344 cm³/mol. The molecule has 3 nitrogen and oxygen atoms in total. The highest BCUT2D eigenvalue weighted by molar-refractivity contribution is 7.01. The van der Waals surface area contributed by atoms with Crippen LogP contribution < -0.4 is 21.3 Å². The van der Waals surface area contributed by atoms with Crippen molar-refractivity contribution in [2.45, 2.75) is 103 Å². The van der Waals surface area contributed by atoms with Gasteiger partial charge in [0.1, 0.15) is 0 Å². The van der Waals surface area contributed by atoms with Crippen molar-refractivity contribution in [1.29, 1.82) is 0 Å². The summed E-state index contributed by atoms with van der Waals surface area (Å²) in [4.78, 5) is 2.67. The van der Waals surface area contributed by atoms with Crippen molar-refractivity contribution in [3.8, 4) is 44.8 Å². The number of hydrogen-bond acceptors (Lipinski definition) is 1. The highest BCUT2D eigenvalue weighted by Crippen LogP contribution is 2.92. The molecule has 0 N–H and O–H groups in total. The van der Waals surface area contributed by atoms with Gasteiger partial charge in [-0.15, -0.1) is 0 Å². The number of hydrogen-bond donors (Lipinski definition) is 0. The van der Waals surface area contributed by atoms with E-state index < -0.39 is 0 Å². The molecular weight excluding hydrogens is 990 g/mol. The summed E-state index contributed by atoms with van der Waals surface area (Å²) in [5, 5.41) is 8.14. The summed E-state index contributed by atoms with van der Waals surface area (Å²) < 4.78 is 5.44. The largest absolute Gasteiger partial charge is 0.311 e. The third-order valence-corrected chi connectivity index (χ3v) is 23.5. The van der Waals surface area contributed by atoms with Gasteiger partial charge in [0, 0.05) is 60.6 Å². The first kappa shape index (κ1) is 45.5. The predicted octanol–water partition coefficient (Wildman–Crippen LogP) is 17.9. The smallest absolute Gasteiger partial charge is 0.253 e. The summed E-state index contributed by atoms with van der Waals surface area (Å²) in [6.07, 6.45) is 5.71. The fraction of sp³-hybridized carbons (Fsp3) is 0.256. The molecular formula is C78H64BN3. The molecule has 2 aromatic heterocycles. The first-order valence-electron chi connectivity index (χ1n) is 30.7. The minimum Gasteiger partial charge on any atom is -0.311 e. The lowest BCUT2D eigenvalue weighted by atomic mass is 9.12. The fourth-order valence-electron chi connectivity index (χ4n) is 20.1. The number of fused-ring (bicyclic) bond motifs is 14. The van der Waals surface area contributed by atoms with Gasteiger partial charge in [-0.05, 0) is 209 Å². The lowest BCUT2D eigenvalue weighted by Gasteiger charge is -2.91. The maximum absolute atomic E-state index is 2.79. The van der Waals surface area contributed by atoms with Crippen molar-refractivity contribution in [3.63, 3.8) is 0 Å². The van der Waals surface area contributed by atoms with E-state index in [0.717, 1.165) is 17.8 Å². The van der Waals surface area contributed by atoms with Crippen LogP contribution in [0, 0.1) is 23.2 Å². The molecule has 394 valence electrons. The first-order chi connectivity index (χ1) is 39.6. The molecule has 4 saturated carbocycles. The van der Waals surface area contributed by atoms with Crippen LogP contribution in [0.4, 0.5) is 17.1 Å². The zero-order valence-electron chi connectivity index (χ0n) is 48.2. The van der Waals surface area contributed by atoms with Gasteiger partial charge in [0.2, 0.25) is 0 Å². The van der Waals surface area contributed by atoms with Gasteiger partial charge in [0.15, 0.2) is 0 Å². The molecule has 10 aromatic carbocycles. The minimum atomic E-state index is -0.186. The van der Waals surface area contributed by atoms with Crippen LogP contribution in [0.1, 0.15) is 109 Å². The average molecular weight is 1050 g/mol. The number of anilines is 3. The highest BCUT2D eigenvalue weighted by Gasteiger charge is 2.87. The van der Waals surface area contributed by atoms with Gasteiger partial charge in [-0.25, -0.2) is 0 Å². The van der Waals surface area contributed by atoms with Crippen molar-refractivity contribution < 1.29 is 0 Å². The third-order valence-electron chi connectivity index (χ3n) is 23.5. The Hall–Kier alpha value is -8.08. The van der Waals surface area contributed by atoms with Crippen LogP contribution in [-0.4, -0.2) is 15.8 Å². The van der Waals surface area contributed by atoms with Gasteiger partial charge < -0.3 is 14.0 Å². The molecule has 2 aliphatic heterocycles. The van der Waals surface area contributed by atoms with E-state index in [9.17, 15) is 0 Å². The summed E-state index contributed by atoms with van der Waals surface area (Å²) >= 11 is 0. The average Bonchev–Trinajstić information content (AvgIpc) is 0.749. The maximum atomic E-state index is 2.79. The highest BCUT2D eigenvalue weighted by atomic mass is 15.2. The molecule has 8 aliphatic rings. The Bertz CT molecular complexity index is 5000. The van der Waals surface area contributed by atoms with Crippen molar-refractivity contribution in [2.24, 2.45) is 23.2 Å². The Balaban J connectivity index is 0.960. The second-order valence-corrected chi connectivity index (χ2v) is 29.3. The van der Waals surface area contributed by atoms with Crippen LogP contribution in [0.15, 0.2) is 176 Å². The van der Waals surface area contributed by atoms with Crippen LogP contribution in [-0.2, 0) is 21.7 Å². The van der Waals surface area contributed by atoms with Crippen molar-refractivity contribution in [1.82, 2.24) is 9.13 Å². The minimum absolute atomic E-state index is 0.0129. The molecule has 0 radical (unpaired) electrons. The van der Waals surface area contributed by atoms with E-state index in [1.807, 2.05) is 0 Å². The van der Waals surface area contributed by atoms with Crippen molar-refractivity contribution in [3.05, 3.63) is 204 Å². The van der Waals surface area contributed by atoms with Crippen molar-refractivity contribution >= 4 is 94.5 Å². The molecule has 0 saturated heterocycles. The number of benzene rings is 10. The van der Waals surface area contributed by atoms with Gasteiger partial charge in [0.05, 0.1) is 22.2 Å². The molecule has 4 fully saturated rings. The molecule has 4 heterocycles. The number of aromatic nitrogens is 2. The summed E-state index contributed by atoms with van der Waals surface area (Å²) in [5.74, 6) is 2.83. The summed E-state index contributed by atoms with van der Waals surface area (Å²) in [6.45, 7) is 19.1. The van der Waals surface area contributed by atoms with Crippen LogP contribution >= 0.6 is 0 Å². The quantitative estimate of drug-likeness (QED) is 0.161. The zero-order valence-corrected chi connectivity index (χ0v) is 48.2. The van der Waals surface area contributed by atoms with Gasteiger partial charge in [0.25, 0.3) is 6.71 Å². The van der Waals surface area contributed by atoms with Crippen LogP contribution in [0.25, 0.3) is 99.1 Å². The molecule has 82 heavy (non-hydrogen) atoms. The van der Waals surface area contributed by atoms with Gasteiger partial charge in [-0.1, -0.05) is 171 Å². The molecule has 1 spiro atoms. The Labute approximate surface area is 480 Å². The van der Waals surface area contributed by atoms with Crippen LogP contribution in [0.3, 0.4) is 0 Å². The Morgan fingerprint density at radius 3 is 1.85 bits per heavy atom. The second-order valence-electron chi connectivity index (χ2n) is 29.3. The second kappa shape index (κ2) is 14.2. The zero-order chi connectivity index (χ0) is 54.6. The number of rotatable bonds is 3. The van der Waals surface area contributed by atoms with E-state index >= 15 is 0 Å². The van der Waals surface area contributed by atoms with Gasteiger partial charge >= 0.3 is 0 Å². The molecule has 4 heteroatoms. The van der Waals surface area contributed by atoms with Gasteiger partial charge in [-0.3, -0.25) is 0 Å².